The van der Waals surface area contributed by atoms with Crippen LogP contribution in [0.25, 0.3) is 11.2 Å². The maximum absolute atomic E-state index is 11.0. The first-order valence-corrected chi connectivity index (χ1v) is 6.91. The molecule has 0 radical (unpaired) electrons. The Morgan fingerprint density at radius 3 is 3.10 bits per heavy atom. The first-order valence-electron chi connectivity index (χ1n) is 6.12. The third-order valence-electron chi connectivity index (χ3n) is 2.72. The highest BCUT2D eigenvalue weighted by Crippen LogP contribution is 2.18. The van der Waals surface area contributed by atoms with E-state index >= 15 is 0 Å². The molecule has 0 aliphatic carbocycles. The summed E-state index contributed by atoms with van der Waals surface area (Å²) < 4.78 is 7.92. The number of hydrogen-bond donors (Lipinski definition) is 1. The summed E-state index contributed by atoms with van der Waals surface area (Å²) in [5, 5.41) is 1.61. The quantitative estimate of drug-likeness (QED) is 0.352. The van der Waals surface area contributed by atoms with Crippen LogP contribution in [0.3, 0.4) is 0 Å². The Morgan fingerprint density at radius 1 is 1.60 bits per heavy atom. The van der Waals surface area contributed by atoms with Crippen molar-refractivity contribution >= 4 is 33.4 Å². The van der Waals surface area contributed by atoms with Gasteiger partial charge in [-0.2, -0.15) is 0 Å². The van der Waals surface area contributed by atoms with E-state index in [0.717, 1.165) is 19.3 Å². The molecule has 0 saturated heterocycles. The van der Waals surface area contributed by atoms with Crippen molar-refractivity contribution in [2.45, 2.75) is 13.2 Å². The van der Waals surface area contributed by atoms with Crippen molar-refractivity contribution in [3.63, 3.8) is 0 Å². The SMILES string of the molecule is CN(N)CCCOCn1cc(C=O)c2nc(Br)cnc21. The Morgan fingerprint density at radius 2 is 2.40 bits per heavy atom. The summed E-state index contributed by atoms with van der Waals surface area (Å²) in [7, 11) is 1.81. The van der Waals surface area contributed by atoms with Crippen LogP contribution in [0.15, 0.2) is 17.0 Å². The lowest BCUT2D eigenvalue weighted by molar-refractivity contribution is 0.0727. The highest BCUT2D eigenvalue weighted by molar-refractivity contribution is 9.10. The van der Waals surface area contributed by atoms with E-state index in [1.165, 1.54) is 0 Å². The van der Waals surface area contributed by atoms with Gasteiger partial charge in [-0.05, 0) is 22.4 Å². The van der Waals surface area contributed by atoms with E-state index in [4.69, 9.17) is 10.6 Å². The molecule has 0 fully saturated rings. The van der Waals surface area contributed by atoms with Gasteiger partial charge < -0.3 is 9.30 Å². The van der Waals surface area contributed by atoms with Gasteiger partial charge in [-0.1, -0.05) is 0 Å². The molecule has 2 rings (SSSR count). The Labute approximate surface area is 124 Å². The van der Waals surface area contributed by atoms with E-state index in [1.807, 2.05) is 7.05 Å². The van der Waals surface area contributed by atoms with Crippen LogP contribution >= 0.6 is 15.9 Å². The van der Waals surface area contributed by atoms with E-state index in [1.54, 1.807) is 22.0 Å². The highest BCUT2D eigenvalue weighted by atomic mass is 79.9. The van der Waals surface area contributed by atoms with Crippen molar-refractivity contribution in [3.05, 3.63) is 22.6 Å². The number of carbonyl (C=O) groups is 1. The molecule has 20 heavy (non-hydrogen) atoms. The second kappa shape index (κ2) is 6.89. The first kappa shape index (κ1) is 15.0. The molecule has 0 aromatic carbocycles. The van der Waals surface area contributed by atoms with E-state index < -0.39 is 0 Å². The Hall–Kier alpha value is -1.35. The highest BCUT2D eigenvalue weighted by Gasteiger charge is 2.11. The molecule has 2 N–H and O–H groups in total. The maximum Gasteiger partial charge on any atom is 0.161 e. The standard InChI is InChI=1S/C12H16BrN5O2/c1-17(14)3-2-4-20-8-18-6-9(7-19)11-12(18)15-5-10(13)16-11/h5-7H,2-4,8,14H2,1H3. The first-order chi connectivity index (χ1) is 9.61. The Balaban J connectivity index is 2.05. The van der Waals surface area contributed by atoms with Crippen molar-refractivity contribution in [2.75, 3.05) is 20.2 Å². The predicted octanol–water partition coefficient (Wildman–Crippen LogP) is 1.18. The lowest BCUT2D eigenvalue weighted by Gasteiger charge is -2.10. The molecule has 0 atom stereocenters. The Kier molecular flexibility index (Phi) is 5.18. The Bertz CT molecular complexity index is 599. The minimum absolute atomic E-state index is 0.328. The molecule has 2 heterocycles. The summed E-state index contributed by atoms with van der Waals surface area (Å²) in [4.78, 5) is 19.6. The number of halogens is 1. The number of ether oxygens (including phenoxy) is 1. The number of hydrazine groups is 1. The fraction of sp³-hybridized carbons (Fsp3) is 0.417. The number of aromatic nitrogens is 3. The monoisotopic (exact) mass is 341 g/mol. The number of rotatable bonds is 7. The summed E-state index contributed by atoms with van der Waals surface area (Å²) in [6.07, 6.45) is 4.89. The zero-order valence-electron chi connectivity index (χ0n) is 11.1. The number of hydrogen-bond acceptors (Lipinski definition) is 6. The van der Waals surface area contributed by atoms with Crippen molar-refractivity contribution in [1.82, 2.24) is 19.5 Å². The number of fused-ring (bicyclic) bond motifs is 1. The van der Waals surface area contributed by atoms with Crippen LogP contribution < -0.4 is 5.84 Å². The van der Waals surface area contributed by atoms with Gasteiger partial charge in [0.15, 0.2) is 11.9 Å². The topological polar surface area (TPSA) is 86.3 Å². The molecule has 0 bridgehead atoms. The summed E-state index contributed by atoms with van der Waals surface area (Å²) in [5.74, 6) is 5.51. The number of carbonyl (C=O) groups excluding carboxylic acids is 1. The average Bonchev–Trinajstić information content (AvgIpc) is 2.75. The number of aldehydes is 1. The molecule has 7 nitrogen and oxygen atoms in total. The van der Waals surface area contributed by atoms with Gasteiger partial charge in [-0.3, -0.25) is 15.6 Å². The average molecular weight is 342 g/mol. The number of nitrogens with zero attached hydrogens (tertiary/aromatic N) is 4. The van der Waals surface area contributed by atoms with E-state index in [0.29, 0.717) is 34.7 Å². The molecular formula is C12H16BrN5O2. The van der Waals surface area contributed by atoms with Gasteiger partial charge in [-0.15, -0.1) is 0 Å². The molecular weight excluding hydrogens is 326 g/mol. The molecule has 2 aromatic rings. The minimum Gasteiger partial charge on any atom is -0.361 e. The van der Waals surface area contributed by atoms with Gasteiger partial charge >= 0.3 is 0 Å². The van der Waals surface area contributed by atoms with Crippen molar-refractivity contribution in [1.29, 1.82) is 0 Å². The molecule has 2 aromatic heterocycles. The largest absolute Gasteiger partial charge is 0.361 e. The summed E-state index contributed by atoms with van der Waals surface area (Å²) in [5.41, 5.74) is 1.70. The second-order valence-electron chi connectivity index (χ2n) is 4.41. The maximum atomic E-state index is 11.0. The fourth-order valence-electron chi connectivity index (χ4n) is 1.82. The van der Waals surface area contributed by atoms with Crippen LogP contribution in [0.1, 0.15) is 16.8 Å². The number of nitrogens with two attached hydrogens (primary N) is 1. The van der Waals surface area contributed by atoms with Gasteiger partial charge in [0.25, 0.3) is 0 Å². The van der Waals surface area contributed by atoms with Gasteiger partial charge in [0, 0.05) is 19.8 Å². The third kappa shape index (κ3) is 3.60. The van der Waals surface area contributed by atoms with Crippen LogP contribution in [0.4, 0.5) is 0 Å². The molecule has 0 aliphatic heterocycles. The zero-order chi connectivity index (χ0) is 14.5. The molecule has 0 spiro atoms. The minimum atomic E-state index is 0.328. The lowest BCUT2D eigenvalue weighted by atomic mass is 10.3. The molecule has 0 amide bonds. The molecule has 8 heteroatoms. The molecule has 0 aliphatic rings. The summed E-state index contributed by atoms with van der Waals surface area (Å²) in [6, 6.07) is 0. The van der Waals surface area contributed by atoms with Crippen LogP contribution in [0.2, 0.25) is 0 Å². The van der Waals surface area contributed by atoms with E-state index in [2.05, 4.69) is 25.9 Å². The third-order valence-corrected chi connectivity index (χ3v) is 3.10. The van der Waals surface area contributed by atoms with Crippen molar-refractivity contribution < 1.29 is 9.53 Å². The van der Waals surface area contributed by atoms with Crippen LogP contribution in [0, 0.1) is 0 Å². The van der Waals surface area contributed by atoms with Gasteiger partial charge in [0.2, 0.25) is 0 Å². The van der Waals surface area contributed by atoms with Crippen molar-refractivity contribution in [3.8, 4) is 0 Å². The smallest absolute Gasteiger partial charge is 0.161 e. The van der Waals surface area contributed by atoms with Crippen LogP contribution in [-0.2, 0) is 11.5 Å². The predicted molar refractivity (Wildman–Crippen MR) is 78.0 cm³/mol. The fourth-order valence-corrected chi connectivity index (χ4v) is 2.10. The molecule has 0 saturated carbocycles. The molecule has 108 valence electrons. The van der Waals surface area contributed by atoms with Gasteiger partial charge in [0.05, 0.1) is 18.4 Å². The van der Waals surface area contributed by atoms with Crippen LogP contribution in [-0.4, -0.2) is 46.0 Å². The van der Waals surface area contributed by atoms with Gasteiger partial charge in [-0.25, -0.2) is 9.97 Å². The van der Waals surface area contributed by atoms with Gasteiger partial charge in [0.1, 0.15) is 16.9 Å². The lowest BCUT2D eigenvalue weighted by Crippen LogP contribution is -2.27. The normalized spacial score (nSPS) is 11.4. The second-order valence-corrected chi connectivity index (χ2v) is 5.22. The zero-order valence-corrected chi connectivity index (χ0v) is 12.7. The van der Waals surface area contributed by atoms with Crippen molar-refractivity contribution in [2.24, 2.45) is 5.84 Å². The van der Waals surface area contributed by atoms with E-state index in [-0.39, 0.29) is 0 Å². The summed E-state index contributed by atoms with van der Waals surface area (Å²) in [6.45, 7) is 1.68. The molecule has 0 unspecified atom stereocenters. The van der Waals surface area contributed by atoms with Crippen LogP contribution in [0.5, 0.6) is 0 Å². The summed E-state index contributed by atoms with van der Waals surface area (Å²) >= 11 is 3.25. The van der Waals surface area contributed by atoms with E-state index in [9.17, 15) is 4.79 Å².